The molecule has 4 nitrogen and oxygen atoms in total. The zero-order valence-electron chi connectivity index (χ0n) is 7.78. The molecule has 1 unspecified atom stereocenters. The Balaban J connectivity index is 2.09. The van der Waals surface area contributed by atoms with E-state index in [-0.39, 0.29) is 18.3 Å². The molecule has 1 aliphatic heterocycles. The van der Waals surface area contributed by atoms with Crippen molar-refractivity contribution in [1.82, 2.24) is 0 Å². The van der Waals surface area contributed by atoms with Crippen LogP contribution in [0.1, 0.15) is 25.7 Å². The summed E-state index contributed by atoms with van der Waals surface area (Å²) < 4.78 is 5.04. The van der Waals surface area contributed by atoms with E-state index in [1.54, 1.807) is 0 Å². The zero-order chi connectivity index (χ0) is 10.1. The van der Waals surface area contributed by atoms with Crippen molar-refractivity contribution in [2.75, 3.05) is 6.61 Å². The van der Waals surface area contributed by atoms with E-state index in [2.05, 4.69) is 0 Å². The highest BCUT2D eigenvalue weighted by molar-refractivity contribution is 5.99. The predicted octanol–water partition coefficient (Wildman–Crippen LogP) is 0.910. The summed E-state index contributed by atoms with van der Waals surface area (Å²) in [6.45, 7) is 0.705. The third-order valence-corrected chi connectivity index (χ3v) is 2.62. The molecular formula is C10H12O4. The minimum atomic E-state index is -0.857. The summed E-state index contributed by atoms with van der Waals surface area (Å²) in [5.41, 5.74) is 1.52. The van der Waals surface area contributed by atoms with E-state index in [0.717, 1.165) is 11.1 Å². The molecule has 0 spiro atoms. The first kappa shape index (κ1) is 9.40. The first-order valence-corrected chi connectivity index (χ1v) is 4.74. The summed E-state index contributed by atoms with van der Waals surface area (Å²) in [5.74, 6) is -0.749. The number of rotatable bonds is 4. The molecule has 1 saturated heterocycles. The van der Waals surface area contributed by atoms with Crippen LogP contribution in [0.15, 0.2) is 11.1 Å². The SMILES string of the molecule is O=C(O)CC1=C(CC2CO2)C(=O)CC1. The Labute approximate surface area is 81.6 Å². The van der Waals surface area contributed by atoms with Gasteiger partial charge in [0.05, 0.1) is 19.1 Å². The lowest BCUT2D eigenvalue weighted by Crippen LogP contribution is -2.03. The molecule has 0 aromatic heterocycles. The van der Waals surface area contributed by atoms with Crippen molar-refractivity contribution in [1.29, 1.82) is 0 Å². The summed E-state index contributed by atoms with van der Waals surface area (Å²) >= 11 is 0. The van der Waals surface area contributed by atoms with E-state index in [9.17, 15) is 9.59 Å². The number of carboxylic acids is 1. The second kappa shape index (κ2) is 3.53. The fraction of sp³-hybridized carbons (Fsp3) is 0.600. The molecule has 2 aliphatic rings. The number of aliphatic carboxylic acids is 1. The van der Waals surface area contributed by atoms with E-state index < -0.39 is 5.97 Å². The molecular weight excluding hydrogens is 184 g/mol. The van der Waals surface area contributed by atoms with Crippen LogP contribution in [-0.4, -0.2) is 29.6 Å². The van der Waals surface area contributed by atoms with Crippen molar-refractivity contribution >= 4 is 11.8 Å². The second-order valence-corrected chi connectivity index (χ2v) is 3.74. The molecule has 1 N–H and O–H groups in total. The number of ketones is 1. The third-order valence-electron chi connectivity index (χ3n) is 2.62. The predicted molar refractivity (Wildman–Crippen MR) is 47.9 cm³/mol. The molecule has 1 aliphatic carbocycles. The van der Waals surface area contributed by atoms with E-state index in [1.165, 1.54) is 0 Å². The lowest BCUT2D eigenvalue weighted by Gasteiger charge is -2.01. The smallest absolute Gasteiger partial charge is 0.307 e. The van der Waals surface area contributed by atoms with Crippen LogP contribution in [-0.2, 0) is 14.3 Å². The van der Waals surface area contributed by atoms with E-state index in [0.29, 0.717) is 25.9 Å². The molecule has 1 atom stereocenters. The molecule has 0 aromatic carbocycles. The standard InChI is InChI=1S/C10H12O4/c11-9-2-1-6(3-10(12)13)8(9)4-7-5-14-7/h7H,1-5H2,(H,12,13). The summed E-state index contributed by atoms with van der Waals surface area (Å²) in [5, 5.41) is 8.65. The van der Waals surface area contributed by atoms with Crippen molar-refractivity contribution in [3.8, 4) is 0 Å². The lowest BCUT2D eigenvalue weighted by molar-refractivity contribution is -0.136. The monoisotopic (exact) mass is 196 g/mol. The normalized spacial score (nSPS) is 25.7. The van der Waals surface area contributed by atoms with Crippen LogP contribution >= 0.6 is 0 Å². The molecule has 0 amide bonds. The Morgan fingerprint density at radius 3 is 2.79 bits per heavy atom. The number of Topliss-reactive ketones (excluding diaryl/α,β-unsaturated/α-hetero) is 1. The number of carbonyl (C=O) groups is 2. The Kier molecular flexibility index (Phi) is 2.37. The van der Waals surface area contributed by atoms with Gasteiger partial charge in [-0.05, 0) is 12.0 Å². The number of epoxide rings is 1. The Hall–Kier alpha value is -1.16. The van der Waals surface area contributed by atoms with Crippen LogP contribution in [0.5, 0.6) is 0 Å². The fourth-order valence-corrected chi connectivity index (χ4v) is 1.81. The van der Waals surface area contributed by atoms with Crippen LogP contribution in [0.2, 0.25) is 0 Å². The van der Waals surface area contributed by atoms with Crippen molar-refractivity contribution in [3.63, 3.8) is 0 Å². The van der Waals surface area contributed by atoms with Crippen LogP contribution in [0, 0.1) is 0 Å². The van der Waals surface area contributed by atoms with Crippen LogP contribution in [0.3, 0.4) is 0 Å². The molecule has 76 valence electrons. The Morgan fingerprint density at radius 1 is 1.50 bits per heavy atom. The van der Waals surface area contributed by atoms with E-state index >= 15 is 0 Å². The summed E-state index contributed by atoms with van der Waals surface area (Å²) in [6, 6.07) is 0. The van der Waals surface area contributed by atoms with Crippen LogP contribution < -0.4 is 0 Å². The van der Waals surface area contributed by atoms with Gasteiger partial charge >= 0.3 is 5.97 Å². The largest absolute Gasteiger partial charge is 0.481 e. The lowest BCUT2D eigenvalue weighted by atomic mass is 10.0. The molecule has 1 heterocycles. The first-order chi connectivity index (χ1) is 6.66. The van der Waals surface area contributed by atoms with E-state index in [1.807, 2.05) is 0 Å². The topological polar surface area (TPSA) is 66.9 Å². The molecule has 4 heteroatoms. The van der Waals surface area contributed by atoms with Gasteiger partial charge in [0.15, 0.2) is 5.78 Å². The van der Waals surface area contributed by atoms with E-state index in [4.69, 9.17) is 9.84 Å². The number of hydrogen-bond donors (Lipinski definition) is 1. The van der Waals surface area contributed by atoms with Crippen LogP contribution in [0.25, 0.3) is 0 Å². The summed E-state index contributed by atoms with van der Waals surface area (Å²) in [4.78, 5) is 22.0. The van der Waals surface area contributed by atoms with Crippen LogP contribution in [0.4, 0.5) is 0 Å². The molecule has 0 aromatic rings. The molecule has 0 radical (unpaired) electrons. The number of hydrogen-bond acceptors (Lipinski definition) is 3. The zero-order valence-corrected chi connectivity index (χ0v) is 7.78. The maximum Gasteiger partial charge on any atom is 0.307 e. The number of carbonyl (C=O) groups excluding carboxylic acids is 1. The highest BCUT2D eigenvalue weighted by Gasteiger charge is 2.31. The van der Waals surface area contributed by atoms with Gasteiger partial charge in [-0.15, -0.1) is 0 Å². The quantitative estimate of drug-likeness (QED) is 0.678. The fourth-order valence-electron chi connectivity index (χ4n) is 1.81. The van der Waals surface area contributed by atoms with Crippen molar-refractivity contribution in [2.45, 2.75) is 31.8 Å². The van der Waals surface area contributed by atoms with Gasteiger partial charge in [-0.2, -0.15) is 0 Å². The number of ether oxygens (including phenoxy) is 1. The van der Waals surface area contributed by atoms with Gasteiger partial charge in [-0.25, -0.2) is 0 Å². The molecule has 0 bridgehead atoms. The average molecular weight is 196 g/mol. The average Bonchev–Trinajstić information content (AvgIpc) is 2.85. The second-order valence-electron chi connectivity index (χ2n) is 3.74. The van der Waals surface area contributed by atoms with Crippen molar-refractivity contribution in [3.05, 3.63) is 11.1 Å². The number of carboxylic acid groups (broad SMARTS) is 1. The Morgan fingerprint density at radius 2 is 2.21 bits per heavy atom. The van der Waals surface area contributed by atoms with Gasteiger partial charge < -0.3 is 9.84 Å². The van der Waals surface area contributed by atoms with Gasteiger partial charge in [0.2, 0.25) is 0 Å². The maximum atomic E-state index is 11.4. The maximum absolute atomic E-state index is 11.4. The highest BCUT2D eigenvalue weighted by atomic mass is 16.6. The first-order valence-electron chi connectivity index (χ1n) is 4.74. The van der Waals surface area contributed by atoms with Gasteiger partial charge in [0.25, 0.3) is 0 Å². The summed E-state index contributed by atoms with van der Waals surface area (Å²) in [7, 11) is 0. The molecule has 14 heavy (non-hydrogen) atoms. The molecule has 1 fully saturated rings. The highest BCUT2D eigenvalue weighted by Crippen LogP contribution is 2.31. The minimum absolute atomic E-state index is 0.00773. The van der Waals surface area contributed by atoms with Gasteiger partial charge in [-0.3, -0.25) is 9.59 Å². The van der Waals surface area contributed by atoms with Gasteiger partial charge in [0, 0.05) is 12.8 Å². The van der Waals surface area contributed by atoms with Gasteiger partial charge in [0.1, 0.15) is 0 Å². The Bertz CT molecular complexity index is 312. The van der Waals surface area contributed by atoms with Crippen molar-refractivity contribution < 1.29 is 19.4 Å². The van der Waals surface area contributed by atoms with Crippen molar-refractivity contribution in [2.24, 2.45) is 0 Å². The summed E-state index contributed by atoms with van der Waals surface area (Å²) in [6.07, 6.45) is 1.88. The molecule has 2 rings (SSSR count). The third kappa shape index (κ3) is 2.01. The van der Waals surface area contributed by atoms with Gasteiger partial charge in [-0.1, -0.05) is 5.57 Å². The molecule has 0 saturated carbocycles. The minimum Gasteiger partial charge on any atom is -0.481 e.